The van der Waals surface area contributed by atoms with Gasteiger partial charge < -0.3 is 15.3 Å². The average Bonchev–Trinajstić information content (AvgIpc) is 2.22. The van der Waals surface area contributed by atoms with Crippen molar-refractivity contribution in [1.82, 2.24) is 0 Å². The van der Waals surface area contributed by atoms with Gasteiger partial charge in [0.2, 0.25) is 0 Å². The van der Waals surface area contributed by atoms with E-state index in [9.17, 15) is 10.2 Å². The van der Waals surface area contributed by atoms with E-state index in [4.69, 9.17) is 5.11 Å². The van der Waals surface area contributed by atoms with Crippen LogP contribution < -0.4 is 0 Å². The highest BCUT2D eigenvalue weighted by molar-refractivity contribution is 4.87. The lowest BCUT2D eigenvalue weighted by Gasteiger charge is -2.23. The van der Waals surface area contributed by atoms with Crippen LogP contribution in [0.3, 0.4) is 0 Å². The Kier molecular flexibility index (Phi) is 7.76. The number of rotatable bonds is 8. The van der Waals surface area contributed by atoms with Gasteiger partial charge in [-0.1, -0.05) is 32.3 Å². The Morgan fingerprint density at radius 1 is 1.29 bits per heavy atom. The molecule has 0 aromatic rings. The molecule has 0 aromatic carbocycles. The van der Waals surface area contributed by atoms with Crippen molar-refractivity contribution in [3.8, 4) is 0 Å². The Balaban J connectivity index is 3.92. The molecule has 3 atom stereocenters. The van der Waals surface area contributed by atoms with Crippen LogP contribution in [0.25, 0.3) is 0 Å². The monoisotopic (exact) mass is 202 g/mol. The smallest absolute Gasteiger partial charge is 0.103 e. The minimum atomic E-state index is -1.06. The summed E-state index contributed by atoms with van der Waals surface area (Å²) >= 11 is 0. The molecule has 0 aliphatic carbocycles. The van der Waals surface area contributed by atoms with Gasteiger partial charge in [-0.3, -0.25) is 0 Å². The molecule has 0 fully saturated rings. The first-order chi connectivity index (χ1) is 6.67. The highest BCUT2D eigenvalue weighted by Crippen LogP contribution is 2.17. The fourth-order valence-corrected chi connectivity index (χ4v) is 1.45. The van der Waals surface area contributed by atoms with Gasteiger partial charge in [0.05, 0.1) is 12.7 Å². The molecule has 0 bridgehead atoms. The second-order valence-electron chi connectivity index (χ2n) is 3.64. The molecular formula is C11H22O3. The minimum absolute atomic E-state index is 0.122. The van der Waals surface area contributed by atoms with Crippen LogP contribution >= 0.6 is 0 Å². The van der Waals surface area contributed by atoms with E-state index in [0.29, 0.717) is 0 Å². The lowest BCUT2D eigenvalue weighted by Crippen LogP contribution is -2.35. The third-order valence-electron chi connectivity index (χ3n) is 2.46. The fraction of sp³-hybridized carbons (Fsp3) is 0.818. The van der Waals surface area contributed by atoms with E-state index in [1.165, 1.54) is 0 Å². The molecule has 84 valence electrons. The van der Waals surface area contributed by atoms with Gasteiger partial charge in [0.1, 0.15) is 6.10 Å². The molecule has 0 heterocycles. The molecular weight excluding hydrogens is 180 g/mol. The largest absolute Gasteiger partial charge is 0.394 e. The van der Waals surface area contributed by atoms with Gasteiger partial charge in [-0.2, -0.15) is 0 Å². The molecule has 14 heavy (non-hydrogen) atoms. The van der Waals surface area contributed by atoms with Gasteiger partial charge in [0, 0.05) is 5.92 Å². The predicted molar refractivity (Wildman–Crippen MR) is 56.9 cm³/mol. The third kappa shape index (κ3) is 4.74. The van der Waals surface area contributed by atoms with Crippen LogP contribution in [-0.2, 0) is 0 Å². The minimum Gasteiger partial charge on any atom is -0.394 e. The van der Waals surface area contributed by atoms with Crippen LogP contribution in [0.5, 0.6) is 0 Å². The van der Waals surface area contributed by atoms with Crippen molar-refractivity contribution in [2.45, 2.75) is 44.8 Å². The van der Waals surface area contributed by atoms with Gasteiger partial charge in [0.15, 0.2) is 0 Å². The van der Waals surface area contributed by atoms with Crippen molar-refractivity contribution in [2.24, 2.45) is 5.92 Å². The van der Waals surface area contributed by atoms with E-state index in [1.54, 1.807) is 6.08 Å². The summed E-state index contributed by atoms with van der Waals surface area (Å²) in [6.45, 7) is 5.33. The summed E-state index contributed by atoms with van der Waals surface area (Å²) in [7, 11) is 0. The Morgan fingerprint density at radius 2 is 1.93 bits per heavy atom. The maximum atomic E-state index is 9.60. The first kappa shape index (κ1) is 13.6. The molecule has 0 aliphatic rings. The zero-order valence-electron chi connectivity index (χ0n) is 8.89. The molecule has 3 nitrogen and oxygen atoms in total. The Morgan fingerprint density at radius 3 is 2.36 bits per heavy atom. The maximum absolute atomic E-state index is 9.60. The van der Waals surface area contributed by atoms with Crippen molar-refractivity contribution in [1.29, 1.82) is 0 Å². The van der Waals surface area contributed by atoms with Gasteiger partial charge in [-0.25, -0.2) is 0 Å². The second kappa shape index (κ2) is 7.97. The highest BCUT2D eigenvalue weighted by atomic mass is 16.4. The van der Waals surface area contributed by atoms with Crippen LogP contribution in [0.4, 0.5) is 0 Å². The van der Waals surface area contributed by atoms with Crippen LogP contribution in [-0.4, -0.2) is 34.1 Å². The van der Waals surface area contributed by atoms with Gasteiger partial charge in [-0.15, -0.1) is 6.58 Å². The lowest BCUT2D eigenvalue weighted by molar-refractivity contribution is -0.0352. The zero-order valence-corrected chi connectivity index (χ0v) is 8.89. The summed E-state index contributed by atoms with van der Waals surface area (Å²) in [6, 6.07) is 0. The first-order valence-electron chi connectivity index (χ1n) is 5.26. The average molecular weight is 202 g/mol. The Labute approximate surface area is 86.1 Å². The molecule has 3 heteroatoms. The van der Waals surface area contributed by atoms with E-state index in [2.05, 4.69) is 13.5 Å². The molecule has 0 aliphatic heterocycles. The molecule has 0 amide bonds. The summed E-state index contributed by atoms with van der Waals surface area (Å²) < 4.78 is 0. The number of unbranched alkanes of at least 4 members (excludes halogenated alkanes) is 2. The molecule has 3 unspecified atom stereocenters. The summed E-state index contributed by atoms with van der Waals surface area (Å²) in [5.41, 5.74) is 0. The van der Waals surface area contributed by atoms with E-state index in [0.717, 1.165) is 25.7 Å². The van der Waals surface area contributed by atoms with Gasteiger partial charge >= 0.3 is 0 Å². The van der Waals surface area contributed by atoms with Crippen LogP contribution in [0.1, 0.15) is 32.6 Å². The quantitative estimate of drug-likeness (QED) is 0.408. The van der Waals surface area contributed by atoms with Crippen molar-refractivity contribution in [2.75, 3.05) is 6.61 Å². The predicted octanol–water partition coefficient (Wildman–Crippen LogP) is 1.08. The van der Waals surface area contributed by atoms with Crippen molar-refractivity contribution in [3.63, 3.8) is 0 Å². The second-order valence-corrected chi connectivity index (χ2v) is 3.64. The maximum Gasteiger partial charge on any atom is 0.103 e. The molecule has 0 aromatic heterocycles. The summed E-state index contributed by atoms with van der Waals surface area (Å²) in [5.74, 6) is -0.122. The van der Waals surface area contributed by atoms with E-state index < -0.39 is 18.8 Å². The summed E-state index contributed by atoms with van der Waals surface area (Å²) in [5, 5.41) is 27.5. The molecule has 3 N–H and O–H groups in total. The summed E-state index contributed by atoms with van der Waals surface area (Å²) in [4.78, 5) is 0. The normalized spacial score (nSPS) is 17.4. The Bertz CT molecular complexity index is 147. The summed E-state index contributed by atoms with van der Waals surface area (Å²) in [6.07, 6.45) is 3.78. The number of hydrogen-bond donors (Lipinski definition) is 3. The fourth-order valence-electron chi connectivity index (χ4n) is 1.45. The van der Waals surface area contributed by atoms with E-state index >= 15 is 0 Å². The molecule has 0 saturated carbocycles. The van der Waals surface area contributed by atoms with Crippen LogP contribution in [0.2, 0.25) is 0 Å². The number of aliphatic hydroxyl groups excluding tert-OH is 3. The zero-order chi connectivity index (χ0) is 11.0. The van der Waals surface area contributed by atoms with E-state index in [-0.39, 0.29) is 5.92 Å². The third-order valence-corrected chi connectivity index (χ3v) is 2.46. The SMILES string of the molecule is C=CC(CCCCC)C(O)C(O)CO. The number of aliphatic hydroxyl groups is 3. The molecule has 0 rings (SSSR count). The van der Waals surface area contributed by atoms with Crippen LogP contribution in [0, 0.1) is 5.92 Å². The van der Waals surface area contributed by atoms with Crippen molar-refractivity contribution >= 4 is 0 Å². The highest BCUT2D eigenvalue weighted by Gasteiger charge is 2.22. The van der Waals surface area contributed by atoms with E-state index in [1.807, 2.05) is 0 Å². The number of hydrogen-bond acceptors (Lipinski definition) is 3. The van der Waals surface area contributed by atoms with Gasteiger partial charge in [-0.05, 0) is 6.42 Å². The molecule has 0 radical (unpaired) electrons. The topological polar surface area (TPSA) is 60.7 Å². The molecule has 0 saturated heterocycles. The first-order valence-corrected chi connectivity index (χ1v) is 5.26. The van der Waals surface area contributed by atoms with Gasteiger partial charge in [0.25, 0.3) is 0 Å². The standard InChI is InChI=1S/C11H22O3/c1-3-5-6-7-9(4-2)11(14)10(13)8-12/h4,9-14H,2-3,5-8H2,1H3. The van der Waals surface area contributed by atoms with Crippen LogP contribution in [0.15, 0.2) is 12.7 Å². The Hall–Kier alpha value is -0.380. The van der Waals surface area contributed by atoms with Crippen molar-refractivity contribution in [3.05, 3.63) is 12.7 Å². The molecule has 0 spiro atoms. The van der Waals surface area contributed by atoms with Crippen molar-refractivity contribution < 1.29 is 15.3 Å². The lowest BCUT2D eigenvalue weighted by atomic mass is 9.92.